The standard InChI is InChI=1S/C19H29N3O3S.ClH/c1-14-6-9-17(21-19(23)15-7-8-16(20)12-15)13-18(14)26(24,25)22-10-4-2-3-5-11-22;/h6,9,13,15-16H,2-5,7-8,10-12,20H2,1H3,(H,21,23);1H. The monoisotopic (exact) mass is 415 g/mol. The first-order valence-corrected chi connectivity index (χ1v) is 11.0. The molecular weight excluding hydrogens is 386 g/mol. The quantitative estimate of drug-likeness (QED) is 0.790. The molecule has 0 bridgehead atoms. The molecule has 27 heavy (non-hydrogen) atoms. The molecule has 0 spiro atoms. The number of nitrogens with two attached hydrogens (primary N) is 1. The lowest BCUT2D eigenvalue weighted by Gasteiger charge is -2.22. The largest absolute Gasteiger partial charge is 0.328 e. The van der Waals surface area contributed by atoms with Crippen LogP contribution >= 0.6 is 12.4 Å². The Kier molecular flexibility index (Phi) is 7.68. The normalized spacial score (nSPS) is 24.1. The Labute approximate surface area is 168 Å². The number of carbonyl (C=O) groups excluding carboxylic acids is 1. The van der Waals surface area contributed by atoms with Crippen LogP contribution in [0.2, 0.25) is 0 Å². The second-order valence-corrected chi connectivity index (χ2v) is 9.46. The molecule has 2 aliphatic rings. The summed E-state index contributed by atoms with van der Waals surface area (Å²) in [6, 6.07) is 5.22. The second kappa shape index (κ2) is 9.37. The zero-order valence-electron chi connectivity index (χ0n) is 15.8. The van der Waals surface area contributed by atoms with Crippen LogP contribution in [0, 0.1) is 12.8 Å². The minimum Gasteiger partial charge on any atom is -0.328 e. The summed E-state index contributed by atoms with van der Waals surface area (Å²) < 4.78 is 27.8. The van der Waals surface area contributed by atoms with E-state index < -0.39 is 10.0 Å². The molecule has 1 saturated carbocycles. The number of hydrogen-bond acceptors (Lipinski definition) is 4. The van der Waals surface area contributed by atoms with Gasteiger partial charge in [0.1, 0.15) is 0 Å². The van der Waals surface area contributed by atoms with Gasteiger partial charge in [-0.15, -0.1) is 12.4 Å². The summed E-state index contributed by atoms with van der Waals surface area (Å²) in [5.74, 6) is -0.156. The molecule has 0 aromatic heterocycles. The number of sulfonamides is 1. The lowest BCUT2D eigenvalue weighted by molar-refractivity contribution is -0.119. The van der Waals surface area contributed by atoms with Crippen molar-refractivity contribution in [3.05, 3.63) is 23.8 Å². The maximum absolute atomic E-state index is 13.1. The van der Waals surface area contributed by atoms with Crippen molar-refractivity contribution in [2.75, 3.05) is 18.4 Å². The first-order valence-electron chi connectivity index (χ1n) is 9.55. The number of carbonyl (C=O) groups is 1. The highest BCUT2D eigenvalue weighted by molar-refractivity contribution is 7.89. The van der Waals surface area contributed by atoms with Crippen LogP contribution in [0.5, 0.6) is 0 Å². The Morgan fingerprint density at radius 3 is 2.41 bits per heavy atom. The molecule has 2 fully saturated rings. The predicted molar refractivity (Wildman–Crippen MR) is 110 cm³/mol. The zero-order valence-corrected chi connectivity index (χ0v) is 17.4. The van der Waals surface area contributed by atoms with E-state index in [4.69, 9.17) is 5.73 Å². The van der Waals surface area contributed by atoms with Gasteiger partial charge in [0.2, 0.25) is 15.9 Å². The van der Waals surface area contributed by atoms with E-state index >= 15 is 0 Å². The summed E-state index contributed by atoms with van der Waals surface area (Å²) in [6.45, 7) is 2.93. The number of anilines is 1. The lowest BCUT2D eigenvalue weighted by atomic mass is 10.1. The van der Waals surface area contributed by atoms with E-state index in [2.05, 4.69) is 5.32 Å². The van der Waals surface area contributed by atoms with Crippen LogP contribution in [0.15, 0.2) is 23.1 Å². The highest BCUT2D eigenvalue weighted by Gasteiger charge is 2.29. The van der Waals surface area contributed by atoms with Gasteiger partial charge in [0, 0.05) is 30.7 Å². The van der Waals surface area contributed by atoms with Crippen LogP contribution in [0.1, 0.15) is 50.5 Å². The molecule has 1 aliphatic heterocycles. The number of benzene rings is 1. The number of hydrogen-bond donors (Lipinski definition) is 2. The Bertz CT molecular complexity index is 761. The smallest absolute Gasteiger partial charge is 0.243 e. The van der Waals surface area contributed by atoms with E-state index in [0.29, 0.717) is 35.7 Å². The number of halogens is 1. The molecule has 6 nitrogen and oxygen atoms in total. The molecule has 1 aliphatic carbocycles. The lowest BCUT2D eigenvalue weighted by Crippen LogP contribution is -2.32. The SMILES string of the molecule is Cc1ccc(NC(=O)C2CCC(N)C2)cc1S(=O)(=O)N1CCCCCC1.Cl. The molecule has 8 heteroatoms. The van der Waals surface area contributed by atoms with Crippen LogP contribution in [0.3, 0.4) is 0 Å². The van der Waals surface area contributed by atoms with Crippen molar-refractivity contribution in [2.24, 2.45) is 11.7 Å². The van der Waals surface area contributed by atoms with Crippen molar-refractivity contribution < 1.29 is 13.2 Å². The molecule has 2 atom stereocenters. The van der Waals surface area contributed by atoms with E-state index in [0.717, 1.165) is 38.5 Å². The van der Waals surface area contributed by atoms with Crippen molar-refractivity contribution in [2.45, 2.75) is 62.8 Å². The van der Waals surface area contributed by atoms with Crippen LogP contribution in [0.4, 0.5) is 5.69 Å². The van der Waals surface area contributed by atoms with Gasteiger partial charge < -0.3 is 11.1 Å². The summed E-state index contributed by atoms with van der Waals surface area (Å²) in [5, 5.41) is 2.88. The van der Waals surface area contributed by atoms with Crippen LogP contribution in [-0.2, 0) is 14.8 Å². The maximum Gasteiger partial charge on any atom is 0.243 e. The maximum atomic E-state index is 13.1. The van der Waals surface area contributed by atoms with E-state index in [1.54, 1.807) is 29.4 Å². The van der Waals surface area contributed by atoms with Crippen molar-refractivity contribution in [1.82, 2.24) is 4.31 Å². The van der Waals surface area contributed by atoms with E-state index in [1.165, 1.54) is 0 Å². The van der Waals surface area contributed by atoms with E-state index in [9.17, 15) is 13.2 Å². The summed E-state index contributed by atoms with van der Waals surface area (Å²) >= 11 is 0. The molecule has 1 aromatic rings. The number of aryl methyl sites for hydroxylation is 1. The van der Waals surface area contributed by atoms with Crippen molar-refractivity contribution in [1.29, 1.82) is 0 Å². The summed E-state index contributed by atoms with van der Waals surface area (Å²) in [7, 11) is -3.54. The van der Waals surface area contributed by atoms with Gasteiger partial charge in [0.15, 0.2) is 0 Å². The summed E-state index contributed by atoms with van der Waals surface area (Å²) in [5.41, 5.74) is 7.13. The molecule has 1 saturated heterocycles. The fourth-order valence-electron chi connectivity index (χ4n) is 3.88. The van der Waals surface area contributed by atoms with Crippen LogP contribution in [-0.4, -0.2) is 37.8 Å². The molecule has 3 rings (SSSR count). The third-order valence-electron chi connectivity index (χ3n) is 5.48. The number of nitrogens with zero attached hydrogens (tertiary/aromatic N) is 1. The van der Waals surface area contributed by atoms with E-state index in [-0.39, 0.29) is 30.3 Å². The molecule has 152 valence electrons. The van der Waals surface area contributed by atoms with Gasteiger partial charge in [-0.1, -0.05) is 18.9 Å². The fourth-order valence-corrected chi connectivity index (χ4v) is 5.64. The van der Waals surface area contributed by atoms with Gasteiger partial charge in [-0.2, -0.15) is 4.31 Å². The highest BCUT2D eigenvalue weighted by atomic mass is 35.5. The summed E-state index contributed by atoms with van der Waals surface area (Å²) in [6.07, 6.45) is 6.29. The Hall–Kier alpha value is -1.15. The second-order valence-electron chi connectivity index (χ2n) is 7.56. The highest BCUT2D eigenvalue weighted by Crippen LogP contribution is 2.28. The Balaban J connectivity index is 0.00000261. The topological polar surface area (TPSA) is 92.5 Å². The number of amides is 1. The molecule has 1 aromatic carbocycles. The number of rotatable bonds is 4. The average Bonchev–Trinajstić information content (AvgIpc) is 2.86. The van der Waals surface area contributed by atoms with Gasteiger partial charge in [-0.3, -0.25) is 4.79 Å². The van der Waals surface area contributed by atoms with Gasteiger partial charge >= 0.3 is 0 Å². The van der Waals surface area contributed by atoms with Gasteiger partial charge in [0.25, 0.3) is 0 Å². The van der Waals surface area contributed by atoms with Crippen molar-refractivity contribution >= 4 is 34.0 Å². The zero-order chi connectivity index (χ0) is 18.7. The Morgan fingerprint density at radius 2 is 1.81 bits per heavy atom. The summed E-state index contributed by atoms with van der Waals surface area (Å²) in [4.78, 5) is 12.7. The van der Waals surface area contributed by atoms with Gasteiger partial charge in [0.05, 0.1) is 4.90 Å². The molecule has 3 N–H and O–H groups in total. The van der Waals surface area contributed by atoms with Crippen molar-refractivity contribution in [3.8, 4) is 0 Å². The first-order chi connectivity index (χ1) is 12.4. The minimum atomic E-state index is -3.54. The van der Waals surface area contributed by atoms with Crippen molar-refractivity contribution in [3.63, 3.8) is 0 Å². The minimum absolute atomic E-state index is 0. The van der Waals surface area contributed by atoms with Crippen LogP contribution in [0.25, 0.3) is 0 Å². The molecule has 0 radical (unpaired) electrons. The molecule has 1 amide bonds. The predicted octanol–water partition coefficient (Wildman–Crippen LogP) is 3.05. The van der Waals surface area contributed by atoms with Gasteiger partial charge in [-0.05, 0) is 56.7 Å². The third kappa shape index (κ3) is 5.22. The van der Waals surface area contributed by atoms with Crippen LogP contribution < -0.4 is 11.1 Å². The number of nitrogens with one attached hydrogen (secondary N) is 1. The fraction of sp³-hybridized carbons (Fsp3) is 0.632. The molecular formula is C19H30ClN3O3S. The van der Waals surface area contributed by atoms with E-state index in [1.807, 2.05) is 0 Å². The average molecular weight is 416 g/mol. The molecule has 1 heterocycles. The van der Waals surface area contributed by atoms with Gasteiger partial charge in [-0.25, -0.2) is 8.42 Å². The first kappa shape index (κ1) is 22.1. The Morgan fingerprint density at radius 1 is 1.15 bits per heavy atom. The third-order valence-corrected chi connectivity index (χ3v) is 7.52. The molecule has 2 unspecified atom stereocenters.